The van der Waals surface area contributed by atoms with E-state index in [9.17, 15) is 9.59 Å². The molecule has 2 rings (SSSR count). The van der Waals surface area contributed by atoms with Crippen molar-refractivity contribution >= 4 is 23.6 Å². The molecule has 2 fully saturated rings. The summed E-state index contributed by atoms with van der Waals surface area (Å²) in [6.45, 7) is 8.36. The predicted octanol–water partition coefficient (Wildman–Crippen LogP) is 2.63. The lowest BCUT2D eigenvalue weighted by atomic mass is 10.1. The maximum absolute atomic E-state index is 12.6. The summed E-state index contributed by atoms with van der Waals surface area (Å²) in [6, 6.07) is -0.133. The van der Waals surface area contributed by atoms with Crippen LogP contribution in [0.3, 0.4) is 0 Å². The SMILES string of the molecule is CCCC1SCC(C(=O)NC(C)C(C)C)N1C(=O)C1CC1. The Morgan fingerprint density at radius 2 is 1.95 bits per heavy atom. The van der Waals surface area contributed by atoms with Crippen LogP contribution in [0, 0.1) is 11.8 Å². The molecular formula is C16H28N2O2S. The molecule has 0 aromatic rings. The number of amides is 2. The highest BCUT2D eigenvalue weighted by molar-refractivity contribution is 8.00. The molecule has 2 aliphatic rings. The first-order valence-electron chi connectivity index (χ1n) is 8.19. The fraction of sp³-hybridized carbons (Fsp3) is 0.875. The van der Waals surface area contributed by atoms with Crippen molar-refractivity contribution in [1.29, 1.82) is 0 Å². The Balaban J connectivity index is 2.05. The Kier molecular flexibility index (Phi) is 5.58. The van der Waals surface area contributed by atoms with Crippen LogP contribution in [0.4, 0.5) is 0 Å². The Morgan fingerprint density at radius 3 is 2.48 bits per heavy atom. The Hall–Kier alpha value is -0.710. The summed E-state index contributed by atoms with van der Waals surface area (Å²) in [5.74, 6) is 1.55. The van der Waals surface area contributed by atoms with Gasteiger partial charge in [-0.25, -0.2) is 0 Å². The van der Waals surface area contributed by atoms with Gasteiger partial charge in [0.1, 0.15) is 6.04 Å². The third-order valence-electron chi connectivity index (χ3n) is 4.48. The molecule has 1 N–H and O–H groups in total. The Bertz CT molecular complexity index is 396. The first-order chi connectivity index (χ1) is 9.95. The quantitative estimate of drug-likeness (QED) is 0.820. The van der Waals surface area contributed by atoms with Crippen molar-refractivity contribution < 1.29 is 9.59 Å². The van der Waals surface area contributed by atoms with Gasteiger partial charge in [-0.05, 0) is 32.1 Å². The van der Waals surface area contributed by atoms with Crippen molar-refractivity contribution in [3.05, 3.63) is 0 Å². The van der Waals surface area contributed by atoms with Crippen LogP contribution in [0.15, 0.2) is 0 Å². The van der Waals surface area contributed by atoms with Crippen LogP contribution in [0.2, 0.25) is 0 Å². The van der Waals surface area contributed by atoms with Gasteiger partial charge in [0.05, 0.1) is 5.37 Å². The van der Waals surface area contributed by atoms with Crippen LogP contribution in [-0.2, 0) is 9.59 Å². The molecule has 1 aliphatic heterocycles. The maximum Gasteiger partial charge on any atom is 0.243 e. The molecule has 0 aromatic carbocycles. The van der Waals surface area contributed by atoms with Crippen LogP contribution in [-0.4, -0.2) is 39.9 Å². The van der Waals surface area contributed by atoms with Crippen molar-refractivity contribution in [1.82, 2.24) is 10.2 Å². The van der Waals surface area contributed by atoms with Gasteiger partial charge >= 0.3 is 0 Å². The highest BCUT2D eigenvalue weighted by atomic mass is 32.2. The first-order valence-corrected chi connectivity index (χ1v) is 9.24. The minimum Gasteiger partial charge on any atom is -0.352 e. The molecule has 1 heterocycles. The molecule has 3 unspecified atom stereocenters. The van der Waals surface area contributed by atoms with E-state index in [1.54, 1.807) is 11.8 Å². The molecule has 0 aromatic heterocycles. The Labute approximate surface area is 132 Å². The number of carbonyl (C=O) groups excluding carboxylic acids is 2. The lowest BCUT2D eigenvalue weighted by Gasteiger charge is -2.30. The van der Waals surface area contributed by atoms with Gasteiger partial charge in [0.25, 0.3) is 0 Å². The molecule has 120 valence electrons. The van der Waals surface area contributed by atoms with Gasteiger partial charge in [-0.3, -0.25) is 9.59 Å². The third-order valence-corrected chi connectivity index (χ3v) is 5.84. The molecule has 5 heteroatoms. The first kappa shape index (κ1) is 16.7. The van der Waals surface area contributed by atoms with Gasteiger partial charge in [-0.15, -0.1) is 11.8 Å². The van der Waals surface area contributed by atoms with Crippen molar-refractivity contribution in [2.45, 2.75) is 70.8 Å². The van der Waals surface area contributed by atoms with Gasteiger partial charge in [-0.1, -0.05) is 27.2 Å². The summed E-state index contributed by atoms with van der Waals surface area (Å²) >= 11 is 1.76. The zero-order valence-corrected chi connectivity index (χ0v) is 14.4. The largest absolute Gasteiger partial charge is 0.352 e. The van der Waals surface area contributed by atoms with E-state index in [0.29, 0.717) is 5.92 Å². The zero-order valence-electron chi connectivity index (χ0n) is 13.6. The molecule has 2 amide bonds. The number of carbonyl (C=O) groups is 2. The average molecular weight is 312 g/mol. The second kappa shape index (κ2) is 7.03. The van der Waals surface area contributed by atoms with Crippen LogP contribution in [0.5, 0.6) is 0 Å². The van der Waals surface area contributed by atoms with Gasteiger partial charge in [0, 0.05) is 17.7 Å². The number of hydrogen-bond donors (Lipinski definition) is 1. The number of nitrogens with zero attached hydrogens (tertiary/aromatic N) is 1. The normalized spacial score (nSPS) is 27.0. The topological polar surface area (TPSA) is 49.4 Å². The smallest absolute Gasteiger partial charge is 0.243 e. The molecule has 21 heavy (non-hydrogen) atoms. The summed E-state index contributed by atoms with van der Waals surface area (Å²) in [7, 11) is 0. The second-order valence-corrected chi connectivity index (χ2v) is 7.86. The number of hydrogen-bond acceptors (Lipinski definition) is 3. The minimum atomic E-state index is -0.277. The van der Waals surface area contributed by atoms with E-state index in [-0.39, 0.29) is 35.2 Å². The van der Waals surface area contributed by atoms with Gasteiger partial charge < -0.3 is 10.2 Å². The van der Waals surface area contributed by atoms with E-state index in [4.69, 9.17) is 0 Å². The van der Waals surface area contributed by atoms with Crippen LogP contribution in [0.25, 0.3) is 0 Å². The Morgan fingerprint density at radius 1 is 1.29 bits per heavy atom. The standard InChI is InChI=1S/C16H28N2O2S/c1-5-6-14-18(16(20)12-7-8-12)13(9-21-14)15(19)17-11(4)10(2)3/h10-14H,5-9H2,1-4H3,(H,17,19). The van der Waals surface area contributed by atoms with Gasteiger partial charge in [0.15, 0.2) is 0 Å². The molecular weight excluding hydrogens is 284 g/mol. The lowest BCUT2D eigenvalue weighted by molar-refractivity contribution is -0.141. The summed E-state index contributed by atoms with van der Waals surface area (Å²) in [6.07, 6.45) is 4.01. The van der Waals surface area contributed by atoms with E-state index in [1.165, 1.54) is 0 Å². The van der Waals surface area contributed by atoms with Crippen molar-refractivity contribution in [2.75, 3.05) is 5.75 Å². The van der Waals surface area contributed by atoms with E-state index >= 15 is 0 Å². The van der Waals surface area contributed by atoms with Crippen LogP contribution < -0.4 is 5.32 Å². The average Bonchev–Trinajstić information content (AvgIpc) is 3.19. The van der Waals surface area contributed by atoms with Gasteiger partial charge in [-0.2, -0.15) is 0 Å². The molecule has 1 aliphatic carbocycles. The monoisotopic (exact) mass is 312 g/mol. The molecule has 0 bridgehead atoms. The number of nitrogens with one attached hydrogen (secondary N) is 1. The fourth-order valence-corrected chi connectivity index (χ4v) is 4.09. The van der Waals surface area contributed by atoms with E-state index in [2.05, 4.69) is 26.1 Å². The molecule has 3 atom stereocenters. The number of thioether (sulfide) groups is 1. The van der Waals surface area contributed by atoms with Gasteiger partial charge in [0.2, 0.25) is 11.8 Å². The molecule has 4 nitrogen and oxygen atoms in total. The second-order valence-electron chi connectivity index (χ2n) is 6.65. The molecule has 0 spiro atoms. The third kappa shape index (κ3) is 3.93. The van der Waals surface area contributed by atoms with Crippen molar-refractivity contribution in [3.63, 3.8) is 0 Å². The van der Waals surface area contributed by atoms with E-state index in [0.717, 1.165) is 31.4 Å². The lowest BCUT2D eigenvalue weighted by Crippen LogP contribution is -2.52. The summed E-state index contributed by atoms with van der Waals surface area (Å²) in [5, 5.41) is 3.27. The van der Waals surface area contributed by atoms with Crippen molar-refractivity contribution in [3.8, 4) is 0 Å². The maximum atomic E-state index is 12.6. The number of rotatable bonds is 6. The highest BCUT2D eigenvalue weighted by Crippen LogP contribution is 2.39. The minimum absolute atomic E-state index is 0.0244. The summed E-state index contributed by atoms with van der Waals surface area (Å²) in [4.78, 5) is 27.0. The molecule has 0 radical (unpaired) electrons. The predicted molar refractivity (Wildman–Crippen MR) is 87.0 cm³/mol. The zero-order chi connectivity index (χ0) is 15.6. The van der Waals surface area contributed by atoms with E-state index in [1.807, 2.05) is 11.8 Å². The van der Waals surface area contributed by atoms with Crippen LogP contribution >= 0.6 is 11.8 Å². The highest BCUT2D eigenvalue weighted by Gasteiger charge is 2.45. The summed E-state index contributed by atoms with van der Waals surface area (Å²) < 4.78 is 0. The van der Waals surface area contributed by atoms with Crippen molar-refractivity contribution in [2.24, 2.45) is 11.8 Å². The molecule has 1 saturated carbocycles. The van der Waals surface area contributed by atoms with E-state index < -0.39 is 0 Å². The summed E-state index contributed by atoms with van der Waals surface area (Å²) in [5.41, 5.74) is 0. The fourth-order valence-electron chi connectivity index (χ4n) is 2.56. The van der Waals surface area contributed by atoms with Crippen LogP contribution in [0.1, 0.15) is 53.4 Å². The molecule has 1 saturated heterocycles.